The Balaban J connectivity index is 2.16. The summed E-state index contributed by atoms with van der Waals surface area (Å²) in [5.41, 5.74) is 4.73. The minimum absolute atomic E-state index is 0.173. The lowest BCUT2D eigenvalue weighted by atomic mass is 9.72. The average molecular weight is 224 g/mol. The molecule has 1 aromatic heterocycles. The van der Waals surface area contributed by atoms with Crippen LogP contribution in [0.5, 0.6) is 0 Å². The lowest BCUT2D eigenvalue weighted by Gasteiger charge is -2.32. The first-order chi connectivity index (χ1) is 7.62. The molecule has 0 spiro atoms. The highest BCUT2D eigenvalue weighted by molar-refractivity contribution is 5.75. The molecule has 88 valence electrons. The first-order valence-electron chi connectivity index (χ1n) is 5.53. The van der Waals surface area contributed by atoms with Crippen molar-refractivity contribution in [3.05, 3.63) is 5.82 Å². The number of nitrogens with one attached hydrogen (secondary N) is 1. The third-order valence-electron chi connectivity index (χ3n) is 3.32. The molecule has 1 saturated carbocycles. The molecule has 16 heavy (non-hydrogen) atoms. The highest BCUT2D eigenvalue weighted by Gasteiger charge is 2.40. The first-order valence-corrected chi connectivity index (χ1v) is 5.53. The topological polar surface area (TPSA) is 105 Å². The number of carbonyl (C=O) groups is 1. The number of aliphatic carboxylic acids is 1. The number of nitrogens with two attached hydrogens (primary N) is 1. The van der Waals surface area contributed by atoms with Crippen LogP contribution in [0.1, 0.15) is 37.9 Å². The quantitative estimate of drug-likeness (QED) is 0.709. The normalized spacial score (nSPS) is 19.5. The molecule has 0 atom stereocenters. The maximum atomic E-state index is 11.4. The van der Waals surface area contributed by atoms with E-state index in [0.717, 1.165) is 19.3 Å². The SMILES string of the molecule is Nc1n[nH]c(CC2(C(=O)O)CCCCC2)n1. The molecule has 0 radical (unpaired) electrons. The summed E-state index contributed by atoms with van der Waals surface area (Å²) in [6, 6.07) is 0. The number of hydrogen-bond acceptors (Lipinski definition) is 4. The van der Waals surface area contributed by atoms with E-state index in [2.05, 4.69) is 15.2 Å². The molecule has 0 aliphatic heterocycles. The van der Waals surface area contributed by atoms with Crippen LogP contribution in [0, 0.1) is 5.41 Å². The van der Waals surface area contributed by atoms with E-state index in [9.17, 15) is 9.90 Å². The van der Waals surface area contributed by atoms with Gasteiger partial charge in [-0.15, -0.1) is 5.10 Å². The molecule has 6 nitrogen and oxygen atoms in total. The summed E-state index contributed by atoms with van der Waals surface area (Å²) in [7, 11) is 0. The molecule has 1 aliphatic rings. The van der Waals surface area contributed by atoms with Gasteiger partial charge in [-0.1, -0.05) is 19.3 Å². The fourth-order valence-electron chi connectivity index (χ4n) is 2.40. The van der Waals surface area contributed by atoms with Gasteiger partial charge in [0.15, 0.2) is 0 Å². The van der Waals surface area contributed by atoms with E-state index in [1.165, 1.54) is 0 Å². The van der Waals surface area contributed by atoms with Gasteiger partial charge >= 0.3 is 5.97 Å². The van der Waals surface area contributed by atoms with Gasteiger partial charge in [-0.25, -0.2) is 0 Å². The van der Waals surface area contributed by atoms with Crippen LogP contribution >= 0.6 is 0 Å². The molecular formula is C10H16N4O2. The third-order valence-corrected chi connectivity index (χ3v) is 3.32. The Morgan fingerprint density at radius 1 is 1.44 bits per heavy atom. The molecule has 0 amide bonds. The molecule has 1 heterocycles. The predicted molar refractivity (Wildman–Crippen MR) is 57.7 cm³/mol. The van der Waals surface area contributed by atoms with Gasteiger partial charge in [0.1, 0.15) is 5.82 Å². The fourth-order valence-corrected chi connectivity index (χ4v) is 2.40. The maximum Gasteiger partial charge on any atom is 0.310 e. The summed E-state index contributed by atoms with van der Waals surface area (Å²) < 4.78 is 0. The van der Waals surface area contributed by atoms with Crippen molar-refractivity contribution in [2.24, 2.45) is 5.41 Å². The maximum absolute atomic E-state index is 11.4. The van der Waals surface area contributed by atoms with E-state index in [1.807, 2.05) is 0 Å². The van der Waals surface area contributed by atoms with Crippen LogP contribution in [0.15, 0.2) is 0 Å². The Labute approximate surface area is 93.3 Å². The van der Waals surface area contributed by atoms with Crippen LogP contribution in [-0.4, -0.2) is 26.3 Å². The van der Waals surface area contributed by atoms with Crippen LogP contribution in [0.3, 0.4) is 0 Å². The van der Waals surface area contributed by atoms with Gasteiger partial charge in [-0.05, 0) is 12.8 Å². The highest BCUT2D eigenvalue weighted by Crippen LogP contribution is 2.38. The van der Waals surface area contributed by atoms with Gasteiger partial charge in [0.05, 0.1) is 5.41 Å². The van der Waals surface area contributed by atoms with Crippen LogP contribution in [0.25, 0.3) is 0 Å². The Morgan fingerprint density at radius 3 is 2.62 bits per heavy atom. The van der Waals surface area contributed by atoms with Crippen LogP contribution in [0.4, 0.5) is 5.95 Å². The van der Waals surface area contributed by atoms with Crippen LogP contribution in [-0.2, 0) is 11.2 Å². The summed E-state index contributed by atoms with van der Waals surface area (Å²) in [6.45, 7) is 0. The second kappa shape index (κ2) is 4.11. The summed E-state index contributed by atoms with van der Waals surface area (Å²) in [4.78, 5) is 15.4. The molecule has 0 saturated heterocycles. The molecule has 1 fully saturated rings. The number of rotatable bonds is 3. The average Bonchev–Trinajstić information content (AvgIpc) is 2.65. The smallest absolute Gasteiger partial charge is 0.310 e. The van der Waals surface area contributed by atoms with Gasteiger partial charge < -0.3 is 10.8 Å². The Hall–Kier alpha value is -1.59. The molecular weight excluding hydrogens is 208 g/mol. The van der Waals surface area contributed by atoms with Crippen LogP contribution in [0.2, 0.25) is 0 Å². The van der Waals surface area contributed by atoms with E-state index < -0.39 is 11.4 Å². The lowest BCUT2D eigenvalue weighted by molar-refractivity contribution is -0.151. The largest absolute Gasteiger partial charge is 0.481 e. The number of carboxylic acids is 1. The molecule has 0 bridgehead atoms. The first kappa shape index (κ1) is 10.9. The predicted octanol–water partition coefficient (Wildman–Crippen LogP) is 0.964. The number of carboxylic acid groups (broad SMARTS) is 1. The van der Waals surface area contributed by atoms with E-state index in [4.69, 9.17) is 5.73 Å². The molecule has 4 N–H and O–H groups in total. The van der Waals surface area contributed by atoms with Gasteiger partial charge in [0.25, 0.3) is 0 Å². The van der Waals surface area contributed by atoms with Crippen molar-refractivity contribution in [3.8, 4) is 0 Å². The molecule has 2 rings (SSSR count). The van der Waals surface area contributed by atoms with Gasteiger partial charge in [-0.3, -0.25) is 9.89 Å². The molecule has 0 aromatic carbocycles. The second-order valence-corrected chi connectivity index (χ2v) is 4.46. The molecule has 1 aromatic rings. The zero-order valence-corrected chi connectivity index (χ0v) is 9.07. The highest BCUT2D eigenvalue weighted by atomic mass is 16.4. The van der Waals surface area contributed by atoms with Crippen molar-refractivity contribution in [2.45, 2.75) is 38.5 Å². The Bertz CT molecular complexity index is 382. The van der Waals surface area contributed by atoms with E-state index in [0.29, 0.717) is 25.1 Å². The van der Waals surface area contributed by atoms with Crippen molar-refractivity contribution in [1.29, 1.82) is 0 Å². The number of anilines is 1. The van der Waals surface area contributed by atoms with Gasteiger partial charge in [-0.2, -0.15) is 4.98 Å². The number of aromatic nitrogens is 3. The molecule has 0 unspecified atom stereocenters. The summed E-state index contributed by atoms with van der Waals surface area (Å²) in [5, 5.41) is 15.8. The van der Waals surface area contributed by atoms with Crippen LogP contribution < -0.4 is 5.73 Å². The minimum atomic E-state index is -0.734. The minimum Gasteiger partial charge on any atom is -0.481 e. The fraction of sp³-hybridized carbons (Fsp3) is 0.700. The zero-order valence-electron chi connectivity index (χ0n) is 9.07. The monoisotopic (exact) mass is 224 g/mol. The number of H-pyrrole nitrogens is 1. The van der Waals surface area contributed by atoms with Gasteiger partial charge in [0.2, 0.25) is 5.95 Å². The van der Waals surface area contributed by atoms with Crippen molar-refractivity contribution in [3.63, 3.8) is 0 Å². The van der Waals surface area contributed by atoms with E-state index in [-0.39, 0.29) is 5.95 Å². The van der Waals surface area contributed by atoms with Crippen molar-refractivity contribution < 1.29 is 9.90 Å². The molecule has 6 heteroatoms. The second-order valence-electron chi connectivity index (χ2n) is 4.46. The van der Waals surface area contributed by atoms with E-state index in [1.54, 1.807) is 0 Å². The standard InChI is InChI=1S/C10H16N4O2/c11-9-12-7(13-14-9)6-10(8(15)16)4-2-1-3-5-10/h1-6H2,(H,15,16)(H3,11,12,13,14). The third kappa shape index (κ3) is 2.00. The number of aromatic amines is 1. The Morgan fingerprint density at radius 2 is 2.12 bits per heavy atom. The Kier molecular flexibility index (Phi) is 2.80. The van der Waals surface area contributed by atoms with E-state index >= 15 is 0 Å². The summed E-state index contributed by atoms with van der Waals surface area (Å²) >= 11 is 0. The summed E-state index contributed by atoms with van der Waals surface area (Å²) in [6.07, 6.45) is 4.87. The number of hydrogen-bond donors (Lipinski definition) is 3. The van der Waals surface area contributed by atoms with Crippen molar-refractivity contribution >= 4 is 11.9 Å². The number of nitrogens with zero attached hydrogens (tertiary/aromatic N) is 2. The lowest BCUT2D eigenvalue weighted by Crippen LogP contribution is -2.35. The molecule has 1 aliphatic carbocycles. The van der Waals surface area contributed by atoms with Crippen molar-refractivity contribution in [2.75, 3.05) is 5.73 Å². The number of nitrogen functional groups attached to an aromatic ring is 1. The summed E-state index contributed by atoms with van der Waals surface area (Å²) in [5.74, 6) is 0.00956. The van der Waals surface area contributed by atoms with Gasteiger partial charge in [0, 0.05) is 6.42 Å². The van der Waals surface area contributed by atoms with Crippen molar-refractivity contribution in [1.82, 2.24) is 15.2 Å². The zero-order chi connectivity index (χ0) is 11.6.